The van der Waals surface area contributed by atoms with Gasteiger partial charge in [-0.3, -0.25) is 4.79 Å². The van der Waals surface area contributed by atoms with Crippen molar-refractivity contribution in [1.29, 1.82) is 0 Å². The lowest BCUT2D eigenvalue weighted by Crippen LogP contribution is -2.28. The van der Waals surface area contributed by atoms with Crippen LogP contribution >= 0.6 is 11.8 Å². The molecule has 116 valence electrons. The number of benzene rings is 1. The van der Waals surface area contributed by atoms with E-state index in [0.717, 1.165) is 10.8 Å². The summed E-state index contributed by atoms with van der Waals surface area (Å²) in [6, 6.07) is 8.88. The van der Waals surface area contributed by atoms with Crippen molar-refractivity contribution in [2.75, 3.05) is 12.3 Å². The number of carbonyl (C=O) groups excluding carboxylic acids is 1. The van der Waals surface area contributed by atoms with Gasteiger partial charge in [0.15, 0.2) is 0 Å². The number of rotatable bonds is 6. The molecule has 0 spiro atoms. The highest BCUT2D eigenvalue weighted by Gasteiger charge is 2.11. The highest BCUT2D eigenvalue weighted by Crippen LogP contribution is 2.16. The monoisotopic (exact) mass is 320 g/mol. The predicted molar refractivity (Wildman–Crippen MR) is 84.3 cm³/mol. The topological polar surface area (TPSA) is 62.2 Å². The molecule has 1 amide bonds. The van der Waals surface area contributed by atoms with E-state index in [0.29, 0.717) is 11.1 Å². The number of thioether (sulfide) groups is 1. The van der Waals surface area contributed by atoms with Gasteiger partial charge in [0.05, 0.1) is 11.1 Å². The summed E-state index contributed by atoms with van der Waals surface area (Å²) in [7, 11) is 0. The minimum Gasteiger partial charge on any atom is -0.387 e. The summed E-state index contributed by atoms with van der Waals surface area (Å²) in [5.74, 6) is 0.237. The molecular formula is C16H17FN2O2S. The van der Waals surface area contributed by atoms with Gasteiger partial charge in [-0.15, -0.1) is 11.8 Å². The standard InChI is InChI=1S/C16H17FN2O2S/c1-2-22-15-9-12(7-8-18-15)16(21)19-10-14(20)11-3-5-13(17)6-4-11/h3-9,14,20H,2,10H2,1H3,(H,19,21). The maximum absolute atomic E-state index is 12.8. The van der Waals surface area contributed by atoms with Crippen molar-refractivity contribution < 1.29 is 14.3 Å². The van der Waals surface area contributed by atoms with Crippen molar-refractivity contribution in [3.63, 3.8) is 0 Å². The Balaban J connectivity index is 1.94. The fourth-order valence-electron chi connectivity index (χ4n) is 1.87. The van der Waals surface area contributed by atoms with Gasteiger partial charge in [0.2, 0.25) is 0 Å². The Bertz CT molecular complexity index is 634. The van der Waals surface area contributed by atoms with Crippen LogP contribution in [-0.2, 0) is 0 Å². The van der Waals surface area contributed by atoms with E-state index in [1.807, 2.05) is 6.92 Å². The van der Waals surface area contributed by atoms with Crippen LogP contribution in [0.4, 0.5) is 4.39 Å². The number of aliphatic hydroxyl groups is 1. The quantitative estimate of drug-likeness (QED) is 0.804. The minimum atomic E-state index is -0.879. The van der Waals surface area contributed by atoms with Crippen LogP contribution in [0, 0.1) is 5.82 Å². The average molecular weight is 320 g/mol. The number of aliphatic hydroxyl groups excluding tert-OH is 1. The van der Waals surface area contributed by atoms with Gasteiger partial charge in [0, 0.05) is 18.3 Å². The molecule has 4 nitrogen and oxygen atoms in total. The Kier molecular flexibility index (Phi) is 5.91. The molecule has 0 saturated carbocycles. The van der Waals surface area contributed by atoms with Crippen molar-refractivity contribution in [2.45, 2.75) is 18.1 Å². The number of carbonyl (C=O) groups is 1. The van der Waals surface area contributed by atoms with Crippen LogP contribution in [0.3, 0.4) is 0 Å². The molecule has 0 aliphatic heterocycles. The molecule has 2 rings (SSSR count). The fraction of sp³-hybridized carbons (Fsp3) is 0.250. The fourth-order valence-corrected chi connectivity index (χ4v) is 2.51. The number of pyridine rings is 1. The normalized spacial score (nSPS) is 12.0. The van der Waals surface area contributed by atoms with Crippen LogP contribution in [0.5, 0.6) is 0 Å². The first-order chi connectivity index (χ1) is 10.6. The second kappa shape index (κ2) is 7.91. The molecule has 1 atom stereocenters. The van der Waals surface area contributed by atoms with Gasteiger partial charge in [-0.1, -0.05) is 19.1 Å². The Hall–Kier alpha value is -1.92. The maximum atomic E-state index is 12.8. The number of halogens is 1. The molecule has 2 aromatic rings. The third-order valence-corrected chi connectivity index (χ3v) is 3.81. The number of hydrogen-bond donors (Lipinski definition) is 2. The summed E-state index contributed by atoms with van der Waals surface area (Å²) in [5, 5.41) is 13.4. The maximum Gasteiger partial charge on any atom is 0.251 e. The predicted octanol–water partition coefficient (Wildman–Crippen LogP) is 2.80. The van der Waals surface area contributed by atoms with Gasteiger partial charge in [0.25, 0.3) is 5.91 Å². The largest absolute Gasteiger partial charge is 0.387 e. The molecule has 0 aliphatic rings. The Morgan fingerprint density at radius 1 is 1.36 bits per heavy atom. The second-order valence-electron chi connectivity index (χ2n) is 4.59. The number of hydrogen-bond acceptors (Lipinski definition) is 4. The van der Waals surface area contributed by atoms with Crippen LogP contribution in [0.1, 0.15) is 28.9 Å². The van der Waals surface area contributed by atoms with Gasteiger partial charge in [-0.2, -0.15) is 0 Å². The molecule has 0 fully saturated rings. The van der Waals surface area contributed by atoms with Crippen molar-refractivity contribution in [3.8, 4) is 0 Å². The summed E-state index contributed by atoms with van der Waals surface area (Å²) in [5.41, 5.74) is 1.05. The van der Waals surface area contributed by atoms with E-state index in [9.17, 15) is 14.3 Å². The molecular weight excluding hydrogens is 303 g/mol. The minimum absolute atomic E-state index is 0.0586. The van der Waals surface area contributed by atoms with E-state index < -0.39 is 6.10 Å². The van der Waals surface area contributed by atoms with Crippen LogP contribution in [0.15, 0.2) is 47.6 Å². The van der Waals surface area contributed by atoms with Gasteiger partial charge in [-0.05, 0) is 35.6 Å². The van der Waals surface area contributed by atoms with Gasteiger partial charge >= 0.3 is 0 Å². The van der Waals surface area contributed by atoms with Crippen LogP contribution < -0.4 is 5.32 Å². The number of nitrogens with zero attached hydrogens (tertiary/aromatic N) is 1. The molecule has 0 saturated heterocycles. The molecule has 0 bridgehead atoms. The van der Waals surface area contributed by atoms with E-state index in [1.165, 1.54) is 24.3 Å². The third kappa shape index (κ3) is 4.54. The second-order valence-corrected chi connectivity index (χ2v) is 5.88. The Labute approximate surface area is 132 Å². The van der Waals surface area contributed by atoms with Crippen LogP contribution in [0.25, 0.3) is 0 Å². The Morgan fingerprint density at radius 2 is 2.09 bits per heavy atom. The number of amides is 1. The zero-order valence-corrected chi connectivity index (χ0v) is 12.9. The van der Waals surface area contributed by atoms with Gasteiger partial charge in [0.1, 0.15) is 5.82 Å². The van der Waals surface area contributed by atoms with E-state index in [4.69, 9.17) is 0 Å². The van der Waals surface area contributed by atoms with Crippen molar-refractivity contribution in [3.05, 3.63) is 59.5 Å². The lowest BCUT2D eigenvalue weighted by atomic mass is 10.1. The molecule has 0 radical (unpaired) electrons. The molecule has 1 aromatic heterocycles. The first kappa shape index (κ1) is 16.5. The summed E-state index contributed by atoms with van der Waals surface area (Å²) in [6.45, 7) is 2.07. The van der Waals surface area contributed by atoms with Gasteiger partial charge < -0.3 is 10.4 Å². The molecule has 1 aromatic carbocycles. The van der Waals surface area contributed by atoms with E-state index >= 15 is 0 Å². The highest BCUT2D eigenvalue weighted by atomic mass is 32.2. The molecule has 0 aliphatic carbocycles. The number of nitrogens with one attached hydrogen (secondary N) is 1. The molecule has 1 unspecified atom stereocenters. The molecule has 6 heteroatoms. The van der Waals surface area contributed by atoms with E-state index in [-0.39, 0.29) is 18.3 Å². The summed E-state index contributed by atoms with van der Waals surface area (Å²) in [6.07, 6.45) is 0.708. The average Bonchev–Trinajstić information content (AvgIpc) is 2.53. The summed E-state index contributed by atoms with van der Waals surface area (Å²) < 4.78 is 12.8. The van der Waals surface area contributed by atoms with Crippen molar-refractivity contribution >= 4 is 17.7 Å². The smallest absolute Gasteiger partial charge is 0.251 e. The van der Waals surface area contributed by atoms with Crippen molar-refractivity contribution in [1.82, 2.24) is 10.3 Å². The third-order valence-electron chi connectivity index (χ3n) is 3.00. The zero-order valence-electron chi connectivity index (χ0n) is 12.1. The van der Waals surface area contributed by atoms with Crippen molar-refractivity contribution in [2.24, 2.45) is 0 Å². The SMILES string of the molecule is CCSc1cc(C(=O)NCC(O)c2ccc(F)cc2)ccn1. The van der Waals surface area contributed by atoms with E-state index in [2.05, 4.69) is 10.3 Å². The van der Waals surface area contributed by atoms with Gasteiger partial charge in [-0.25, -0.2) is 9.37 Å². The van der Waals surface area contributed by atoms with Crippen LogP contribution in [-0.4, -0.2) is 28.3 Å². The molecule has 2 N–H and O–H groups in total. The zero-order chi connectivity index (χ0) is 15.9. The molecule has 1 heterocycles. The first-order valence-electron chi connectivity index (χ1n) is 6.90. The lowest BCUT2D eigenvalue weighted by Gasteiger charge is -2.12. The molecule has 22 heavy (non-hydrogen) atoms. The summed E-state index contributed by atoms with van der Waals surface area (Å²) >= 11 is 1.55. The lowest BCUT2D eigenvalue weighted by molar-refractivity contribution is 0.0916. The highest BCUT2D eigenvalue weighted by molar-refractivity contribution is 7.99. The first-order valence-corrected chi connectivity index (χ1v) is 7.89. The summed E-state index contributed by atoms with van der Waals surface area (Å²) in [4.78, 5) is 16.2. The van der Waals surface area contributed by atoms with E-state index in [1.54, 1.807) is 30.1 Å². The Morgan fingerprint density at radius 3 is 2.77 bits per heavy atom. The van der Waals surface area contributed by atoms with Crippen LogP contribution in [0.2, 0.25) is 0 Å². The number of aromatic nitrogens is 1.